The number of rotatable bonds is 10. The highest BCUT2D eigenvalue weighted by Crippen LogP contribution is 2.34. The van der Waals surface area contributed by atoms with Gasteiger partial charge in [0.15, 0.2) is 9.84 Å². The number of aliphatic hydroxyl groups is 2. The maximum atomic E-state index is 14.7. The molecule has 0 amide bonds. The molecule has 8 nitrogen and oxygen atoms in total. The molecule has 0 unspecified atom stereocenters. The molecule has 0 spiro atoms. The quantitative estimate of drug-likeness (QED) is 0.296. The number of pyridine rings is 2. The van der Waals surface area contributed by atoms with Gasteiger partial charge in [-0.1, -0.05) is 72.8 Å². The minimum atomic E-state index is -4.08. The van der Waals surface area contributed by atoms with E-state index in [0.717, 1.165) is 11.1 Å². The van der Waals surface area contributed by atoms with Gasteiger partial charge in [0.05, 0.1) is 35.1 Å². The Morgan fingerprint density at radius 1 is 0.585 bits per heavy atom. The predicted octanol–water partition coefficient (Wildman–Crippen LogP) is 3.32. The summed E-state index contributed by atoms with van der Waals surface area (Å²) in [5.41, 5.74) is 2.72. The molecule has 41 heavy (non-hydrogen) atoms. The second-order valence-electron chi connectivity index (χ2n) is 10.2. The number of hydrogen-bond donors (Lipinski definition) is 2. The molecule has 3 heterocycles. The van der Waals surface area contributed by atoms with Crippen LogP contribution in [0.15, 0.2) is 109 Å². The minimum absolute atomic E-state index is 0.0289. The minimum Gasteiger partial charge on any atom is -0.388 e. The topological polar surface area (TPSA) is 119 Å². The molecule has 0 aliphatic carbocycles. The first-order valence-electron chi connectivity index (χ1n) is 13.6. The molecule has 5 rings (SSSR count). The Labute approximate surface area is 240 Å². The predicted molar refractivity (Wildman–Crippen MR) is 154 cm³/mol. The van der Waals surface area contributed by atoms with Crippen LogP contribution in [-0.2, 0) is 45.4 Å². The van der Waals surface area contributed by atoms with Crippen molar-refractivity contribution in [2.24, 2.45) is 0 Å². The summed E-state index contributed by atoms with van der Waals surface area (Å²) in [6, 6.07) is 29.2. The zero-order valence-electron chi connectivity index (χ0n) is 22.5. The van der Waals surface area contributed by atoms with Crippen molar-refractivity contribution in [2.75, 3.05) is 0 Å². The van der Waals surface area contributed by atoms with Gasteiger partial charge in [0.25, 0.3) is 0 Å². The van der Waals surface area contributed by atoms with E-state index in [-0.39, 0.29) is 26.1 Å². The highest BCUT2D eigenvalue weighted by Gasteiger charge is 2.54. The molecule has 6 atom stereocenters. The maximum absolute atomic E-state index is 14.7. The first kappa shape index (κ1) is 29.0. The molecule has 1 aliphatic heterocycles. The van der Waals surface area contributed by atoms with E-state index in [1.807, 2.05) is 60.7 Å². The van der Waals surface area contributed by atoms with Crippen LogP contribution in [0.3, 0.4) is 0 Å². The molecule has 2 aromatic heterocycles. The lowest BCUT2D eigenvalue weighted by atomic mass is 9.94. The first-order valence-corrected chi connectivity index (χ1v) is 15.2. The van der Waals surface area contributed by atoms with E-state index in [1.54, 1.807) is 48.8 Å². The first-order chi connectivity index (χ1) is 19.9. The van der Waals surface area contributed by atoms with Crippen LogP contribution in [0.1, 0.15) is 22.5 Å². The van der Waals surface area contributed by atoms with Gasteiger partial charge in [0.2, 0.25) is 0 Å². The molecular weight excluding hydrogens is 540 g/mol. The average Bonchev–Trinajstić information content (AvgIpc) is 3.06. The molecule has 1 saturated heterocycles. The molecule has 4 aromatic rings. The highest BCUT2D eigenvalue weighted by atomic mass is 32.2. The lowest BCUT2D eigenvalue weighted by Crippen LogP contribution is -2.49. The number of aromatic nitrogens is 2. The summed E-state index contributed by atoms with van der Waals surface area (Å²) in [5.74, 6) is 0. The number of hydrogen-bond acceptors (Lipinski definition) is 8. The molecule has 0 saturated carbocycles. The molecule has 214 valence electrons. The van der Waals surface area contributed by atoms with E-state index in [4.69, 9.17) is 9.47 Å². The monoisotopic (exact) mass is 574 g/mol. The van der Waals surface area contributed by atoms with E-state index in [1.165, 1.54) is 0 Å². The third kappa shape index (κ3) is 7.06. The summed E-state index contributed by atoms with van der Waals surface area (Å²) in [7, 11) is -4.08. The fourth-order valence-electron chi connectivity index (χ4n) is 5.33. The van der Waals surface area contributed by atoms with Crippen molar-refractivity contribution in [3.05, 3.63) is 132 Å². The summed E-state index contributed by atoms with van der Waals surface area (Å²) < 4.78 is 41.6. The van der Waals surface area contributed by atoms with Crippen LogP contribution in [0.25, 0.3) is 0 Å². The average molecular weight is 575 g/mol. The highest BCUT2D eigenvalue weighted by molar-refractivity contribution is 7.92. The number of sulfone groups is 1. The summed E-state index contributed by atoms with van der Waals surface area (Å²) in [4.78, 5) is 8.55. The van der Waals surface area contributed by atoms with Crippen molar-refractivity contribution in [2.45, 2.75) is 61.0 Å². The Kier molecular flexibility index (Phi) is 9.53. The summed E-state index contributed by atoms with van der Waals surface area (Å²) in [5, 5.41) is 20.8. The summed E-state index contributed by atoms with van der Waals surface area (Å²) in [6.45, 7) is -0.0577. The second-order valence-corrected chi connectivity index (χ2v) is 12.6. The van der Waals surface area contributed by atoms with Crippen LogP contribution < -0.4 is 0 Å². The van der Waals surface area contributed by atoms with E-state index in [0.29, 0.717) is 11.4 Å². The van der Waals surface area contributed by atoms with Gasteiger partial charge in [-0.2, -0.15) is 0 Å². The van der Waals surface area contributed by atoms with Crippen LogP contribution >= 0.6 is 0 Å². The molecule has 2 aromatic carbocycles. The zero-order valence-corrected chi connectivity index (χ0v) is 23.3. The smallest absolute Gasteiger partial charge is 0.161 e. The van der Waals surface area contributed by atoms with Crippen molar-refractivity contribution in [3.8, 4) is 0 Å². The summed E-state index contributed by atoms with van der Waals surface area (Å²) in [6.07, 6.45) is -2.14. The zero-order chi connectivity index (χ0) is 28.7. The fourth-order valence-corrected chi connectivity index (χ4v) is 7.85. The van der Waals surface area contributed by atoms with Crippen LogP contribution in [0.4, 0.5) is 0 Å². The van der Waals surface area contributed by atoms with E-state index >= 15 is 0 Å². The molecule has 1 aliphatic rings. The third-order valence-electron chi connectivity index (χ3n) is 7.46. The number of benzene rings is 2. The van der Waals surface area contributed by atoms with Gasteiger partial charge < -0.3 is 19.7 Å². The van der Waals surface area contributed by atoms with Gasteiger partial charge in [0.1, 0.15) is 24.4 Å². The molecule has 9 heteroatoms. The fraction of sp³-hybridized carbons (Fsp3) is 0.312. The van der Waals surface area contributed by atoms with Crippen molar-refractivity contribution < 1.29 is 28.1 Å². The normalized spacial score (nSPS) is 25.8. The van der Waals surface area contributed by atoms with E-state index in [2.05, 4.69) is 9.97 Å². The molecular formula is C32H34N2O6S. The van der Waals surface area contributed by atoms with Gasteiger partial charge in [-0.05, 0) is 48.2 Å². The van der Waals surface area contributed by atoms with E-state index < -0.39 is 44.8 Å². The maximum Gasteiger partial charge on any atom is 0.161 e. The van der Waals surface area contributed by atoms with Crippen LogP contribution in [-0.4, -0.2) is 63.5 Å². The Hall–Kier alpha value is -3.47. The van der Waals surface area contributed by atoms with Gasteiger partial charge in [-0.15, -0.1) is 0 Å². The van der Waals surface area contributed by atoms with Gasteiger partial charge in [0, 0.05) is 12.4 Å². The Morgan fingerprint density at radius 3 is 1.34 bits per heavy atom. The van der Waals surface area contributed by atoms with Crippen molar-refractivity contribution in [1.29, 1.82) is 0 Å². The standard InChI is InChI=1S/C32H34N2O6S/c35-29-30(36)32(40-22-26-16-8-10-18-34-26)28(20-24-13-5-2-6-14-24)41(37,38)27(19-23-11-3-1-4-12-23)31(29)39-21-25-15-7-9-17-33-25/h1-18,27-32,35-36H,19-22H2/t27-,28-,29-,30-,31+,32+/m1/s1. The largest absolute Gasteiger partial charge is 0.388 e. The Bertz CT molecular complexity index is 1350. The lowest BCUT2D eigenvalue weighted by molar-refractivity contribution is -0.139. The van der Waals surface area contributed by atoms with Crippen LogP contribution in [0, 0.1) is 0 Å². The third-order valence-corrected chi connectivity index (χ3v) is 10.0. The Balaban J connectivity index is 1.55. The van der Waals surface area contributed by atoms with Crippen LogP contribution in [0.2, 0.25) is 0 Å². The van der Waals surface area contributed by atoms with Crippen molar-refractivity contribution in [1.82, 2.24) is 9.97 Å². The summed E-state index contributed by atoms with van der Waals surface area (Å²) >= 11 is 0. The molecule has 0 radical (unpaired) electrons. The number of ether oxygens (including phenoxy) is 2. The van der Waals surface area contributed by atoms with Crippen LogP contribution in [0.5, 0.6) is 0 Å². The molecule has 2 N–H and O–H groups in total. The van der Waals surface area contributed by atoms with Gasteiger partial charge in [-0.25, -0.2) is 8.42 Å². The SMILES string of the molecule is O=S1(=O)[C@H](Cc2ccccc2)[C@H](OCc2ccccn2)[C@H](O)[C@@H](O)[C@@H](OCc2ccccn2)[C@H]1Cc1ccccc1. The molecule has 0 bridgehead atoms. The number of aliphatic hydroxyl groups excluding tert-OH is 2. The van der Waals surface area contributed by atoms with E-state index in [9.17, 15) is 18.6 Å². The Morgan fingerprint density at radius 2 is 0.976 bits per heavy atom. The second kappa shape index (κ2) is 13.5. The number of nitrogens with zero attached hydrogens (tertiary/aromatic N) is 2. The lowest BCUT2D eigenvalue weighted by Gasteiger charge is -2.30. The van der Waals surface area contributed by atoms with Gasteiger partial charge >= 0.3 is 0 Å². The van der Waals surface area contributed by atoms with Crippen molar-refractivity contribution >= 4 is 9.84 Å². The molecule has 1 fully saturated rings. The van der Waals surface area contributed by atoms with Gasteiger partial charge in [-0.3, -0.25) is 9.97 Å². The van der Waals surface area contributed by atoms with Crippen molar-refractivity contribution in [3.63, 3.8) is 0 Å².